The highest BCUT2D eigenvalue weighted by Gasteiger charge is 2.30. The van der Waals surface area contributed by atoms with E-state index in [-0.39, 0.29) is 13.2 Å². The van der Waals surface area contributed by atoms with Crippen LogP contribution in [-0.2, 0) is 9.47 Å². The van der Waals surface area contributed by atoms with E-state index in [9.17, 15) is 9.59 Å². The number of carbonyl (C=O) groups is 2. The van der Waals surface area contributed by atoms with Crippen molar-refractivity contribution in [1.82, 2.24) is 0 Å². The topological polar surface area (TPSA) is 109 Å². The molecule has 0 aliphatic carbocycles. The summed E-state index contributed by atoms with van der Waals surface area (Å²) in [5.74, 6) is 0.297. The van der Waals surface area contributed by atoms with Gasteiger partial charge in [-0.3, -0.25) is 0 Å². The Kier molecular flexibility index (Phi) is 7.60. The number of nitrogens with zero attached hydrogens (tertiary/aromatic N) is 1. The van der Waals surface area contributed by atoms with E-state index in [0.717, 1.165) is 24.4 Å². The van der Waals surface area contributed by atoms with E-state index >= 15 is 0 Å². The van der Waals surface area contributed by atoms with Crippen molar-refractivity contribution in [2.45, 2.75) is 13.8 Å². The van der Waals surface area contributed by atoms with Gasteiger partial charge in [0.25, 0.3) is 0 Å². The number of nitrogens with two attached hydrogens (primary N) is 1. The van der Waals surface area contributed by atoms with Gasteiger partial charge in [0, 0.05) is 11.1 Å². The van der Waals surface area contributed by atoms with E-state index in [1.807, 2.05) is 17.5 Å². The number of aliphatic imine (C=N–C) groups is 1. The van der Waals surface area contributed by atoms with Gasteiger partial charge in [0.05, 0.1) is 43.8 Å². The fourth-order valence-electron chi connectivity index (χ4n) is 3.59. The summed E-state index contributed by atoms with van der Waals surface area (Å²) in [6.07, 6.45) is 1.74. The Balaban J connectivity index is 1.59. The molecular weight excluding hydrogens is 553 g/mol. The minimum Gasteiger partial charge on any atom is -0.485 e. The third-order valence-electron chi connectivity index (χ3n) is 5.16. The van der Waals surface area contributed by atoms with Crippen molar-refractivity contribution in [2.24, 2.45) is 4.99 Å². The van der Waals surface area contributed by atoms with Gasteiger partial charge in [-0.25, -0.2) is 14.6 Å². The van der Waals surface area contributed by atoms with Gasteiger partial charge in [-0.1, -0.05) is 6.07 Å². The molecule has 2 N–H and O–H groups in total. The second-order valence-electron chi connectivity index (χ2n) is 7.55. The first kappa shape index (κ1) is 25.5. The van der Waals surface area contributed by atoms with Crippen molar-refractivity contribution in [1.29, 1.82) is 0 Å². The van der Waals surface area contributed by atoms with Crippen molar-refractivity contribution in [3.05, 3.63) is 45.6 Å². The number of hydrogen-bond acceptors (Lipinski definition) is 12. The minimum atomic E-state index is -0.462. The number of esters is 2. The van der Waals surface area contributed by atoms with Crippen LogP contribution < -0.4 is 15.2 Å². The predicted molar refractivity (Wildman–Crippen MR) is 150 cm³/mol. The number of thiophene rings is 4. The molecule has 1 aliphatic heterocycles. The lowest BCUT2D eigenvalue weighted by atomic mass is 10.2. The largest absolute Gasteiger partial charge is 0.485 e. The summed E-state index contributed by atoms with van der Waals surface area (Å²) in [7, 11) is 0. The van der Waals surface area contributed by atoms with E-state index in [2.05, 4.69) is 4.99 Å². The number of ether oxygens (including phenoxy) is 4. The molecule has 0 atom stereocenters. The number of carbonyl (C=O) groups excluding carboxylic acids is 2. The van der Waals surface area contributed by atoms with Crippen molar-refractivity contribution in [2.75, 3.05) is 32.2 Å². The molecule has 4 aromatic rings. The maximum absolute atomic E-state index is 12.7. The maximum Gasteiger partial charge on any atom is 0.341 e. The van der Waals surface area contributed by atoms with Gasteiger partial charge < -0.3 is 24.7 Å². The highest BCUT2D eigenvalue weighted by Crippen LogP contribution is 2.57. The molecule has 1 aliphatic rings. The van der Waals surface area contributed by atoms with Crippen LogP contribution in [0.5, 0.6) is 11.5 Å². The molecule has 0 amide bonds. The molecule has 5 rings (SSSR count). The van der Waals surface area contributed by atoms with E-state index in [0.29, 0.717) is 45.8 Å². The molecular formula is C25H22N2O6S4. The van der Waals surface area contributed by atoms with Gasteiger partial charge in [0.2, 0.25) is 0 Å². The van der Waals surface area contributed by atoms with Crippen LogP contribution in [0.25, 0.3) is 19.5 Å². The lowest BCUT2D eigenvalue weighted by molar-refractivity contribution is 0.0518. The first-order chi connectivity index (χ1) is 18.0. The number of fused-ring (bicyclic) bond motifs is 1. The Bertz CT molecular complexity index is 1460. The van der Waals surface area contributed by atoms with Crippen LogP contribution in [0.15, 0.2) is 34.6 Å². The van der Waals surface area contributed by atoms with E-state index in [1.165, 1.54) is 34.0 Å². The van der Waals surface area contributed by atoms with Gasteiger partial charge in [-0.15, -0.1) is 45.3 Å². The predicted octanol–water partition coefficient (Wildman–Crippen LogP) is 6.72. The Morgan fingerprint density at radius 1 is 0.973 bits per heavy atom. The summed E-state index contributed by atoms with van der Waals surface area (Å²) in [5.41, 5.74) is 6.86. The standard InChI is InChI=1S/C25H22N2O6S4/c1-3-30-24(28)14-10-16(35-22(14)26)20-18-19(33-8-7-32-18)21(37-20)17-11-15(25(29)31-4-2)23(36-17)27-12-13-6-5-9-34-13/h5-6,9-12H,3-4,7-8,26H2,1-2H3/b27-12+. The number of anilines is 1. The molecule has 4 aromatic heterocycles. The third-order valence-corrected chi connectivity index (χ3v) is 9.49. The maximum atomic E-state index is 12.7. The summed E-state index contributed by atoms with van der Waals surface area (Å²) in [5, 5.41) is 2.89. The molecule has 0 radical (unpaired) electrons. The van der Waals surface area contributed by atoms with Crippen LogP contribution in [0, 0.1) is 0 Å². The molecule has 0 spiro atoms. The molecule has 0 saturated heterocycles. The molecule has 0 saturated carbocycles. The summed E-state index contributed by atoms with van der Waals surface area (Å²) < 4.78 is 22.5. The smallest absolute Gasteiger partial charge is 0.341 e. The minimum absolute atomic E-state index is 0.260. The number of rotatable bonds is 8. The second kappa shape index (κ2) is 11.1. The lowest BCUT2D eigenvalue weighted by Gasteiger charge is -2.16. The zero-order valence-electron chi connectivity index (χ0n) is 19.9. The second-order valence-corrected chi connectivity index (χ2v) is 11.7. The van der Waals surface area contributed by atoms with Crippen molar-refractivity contribution in [3.8, 4) is 31.0 Å². The SMILES string of the molecule is CCOC(=O)c1cc(-c2sc(-c3cc(C(=O)OCC)c(/N=C/c4cccs4)s3)c3c2OCCO3)sc1N. The molecule has 37 heavy (non-hydrogen) atoms. The van der Waals surface area contributed by atoms with Crippen LogP contribution in [0.2, 0.25) is 0 Å². The number of hydrogen-bond donors (Lipinski definition) is 1. The van der Waals surface area contributed by atoms with Crippen LogP contribution in [0.1, 0.15) is 39.4 Å². The number of nitrogen functional groups attached to an aromatic ring is 1. The average Bonchev–Trinajstić information content (AvgIpc) is 3.68. The van der Waals surface area contributed by atoms with Gasteiger partial charge >= 0.3 is 11.9 Å². The summed E-state index contributed by atoms with van der Waals surface area (Å²) >= 11 is 5.68. The van der Waals surface area contributed by atoms with E-state index in [1.54, 1.807) is 43.5 Å². The Morgan fingerprint density at radius 2 is 1.59 bits per heavy atom. The van der Waals surface area contributed by atoms with Crippen molar-refractivity contribution in [3.63, 3.8) is 0 Å². The third kappa shape index (κ3) is 5.14. The molecule has 0 fully saturated rings. The van der Waals surface area contributed by atoms with Gasteiger partial charge in [0.1, 0.15) is 23.2 Å². The Hall–Kier alpha value is -3.19. The first-order valence-corrected chi connectivity index (χ1v) is 14.7. The Labute approximate surface area is 228 Å². The molecule has 0 bridgehead atoms. The quantitative estimate of drug-likeness (QED) is 0.184. The normalized spacial score (nSPS) is 12.7. The lowest BCUT2D eigenvalue weighted by Crippen LogP contribution is -2.14. The molecule has 0 unspecified atom stereocenters. The summed E-state index contributed by atoms with van der Waals surface area (Å²) in [6, 6.07) is 7.40. The summed E-state index contributed by atoms with van der Waals surface area (Å²) in [6.45, 7) is 4.84. The van der Waals surface area contributed by atoms with Crippen molar-refractivity contribution >= 4 is 73.5 Å². The molecule has 192 valence electrons. The summed E-state index contributed by atoms with van der Waals surface area (Å²) in [4.78, 5) is 33.8. The van der Waals surface area contributed by atoms with Crippen molar-refractivity contribution < 1.29 is 28.5 Å². The molecule has 5 heterocycles. The van der Waals surface area contributed by atoms with Crippen LogP contribution in [-0.4, -0.2) is 44.6 Å². The van der Waals surface area contributed by atoms with E-state index in [4.69, 9.17) is 24.7 Å². The van der Waals surface area contributed by atoms with Crippen LogP contribution in [0.4, 0.5) is 10.0 Å². The average molecular weight is 575 g/mol. The zero-order valence-corrected chi connectivity index (χ0v) is 23.2. The highest BCUT2D eigenvalue weighted by molar-refractivity contribution is 7.29. The van der Waals surface area contributed by atoms with Gasteiger partial charge in [0.15, 0.2) is 11.5 Å². The van der Waals surface area contributed by atoms with E-state index < -0.39 is 11.9 Å². The fraction of sp³-hybridized carbons (Fsp3) is 0.240. The van der Waals surface area contributed by atoms with Gasteiger partial charge in [-0.05, 0) is 37.4 Å². The molecule has 0 aromatic carbocycles. The fourth-order valence-corrected chi connectivity index (χ4v) is 7.47. The monoisotopic (exact) mass is 574 g/mol. The van der Waals surface area contributed by atoms with Gasteiger partial charge in [-0.2, -0.15) is 0 Å². The van der Waals surface area contributed by atoms with Crippen LogP contribution >= 0.6 is 45.3 Å². The first-order valence-electron chi connectivity index (χ1n) is 11.4. The zero-order chi connectivity index (χ0) is 25.9. The highest BCUT2D eigenvalue weighted by atomic mass is 32.1. The molecule has 8 nitrogen and oxygen atoms in total. The molecule has 12 heteroatoms. The Morgan fingerprint density at radius 3 is 2.22 bits per heavy atom. The van der Waals surface area contributed by atoms with Crippen LogP contribution in [0.3, 0.4) is 0 Å².